The monoisotopic (exact) mass is 399 g/mol. The van der Waals surface area contributed by atoms with E-state index in [4.69, 9.17) is 0 Å². The fourth-order valence-corrected chi connectivity index (χ4v) is 3.22. The van der Waals surface area contributed by atoms with Crippen molar-refractivity contribution in [1.82, 2.24) is 25.7 Å². The van der Waals surface area contributed by atoms with E-state index in [2.05, 4.69) is 20.8 Å². The minimum atomic E-state index is -0.488. The van der Waals surface area contributed by atoms with E-state index in [1.54, 1.807) is 30.0 Å². The second-order valence-corrected chi connectivity index (χ2v) is 7.45. The second kappa shape index (κ2) is 8.65. The average molecular weight is 399 g/mol. The van der Waals surface area contributed by atoms with E-state index in [9.17, 15) is 14.0 Å². The van der Waals surface area contributed by atoms with Crippen LogP contribution < -0.4 is 10.6 Å². The molecule has 3 rings (SSSR count). The Morgan fingerprint density at radius 1 is 1.28 bits per heavy atom. The minimum Gasteiger partial charge on any atom is -0.347 e. The van der Waals surface area contributed by atoms with Crippen LogP contribution in [-0.4, -0.2) is 58.6 Å². The van der Waals surface area contributed by atoms with Gasteiger partial charge in [-0.3, -0.25) is 9.59 Å². The Morgan fingerprint density at radius 2 is 2.00 bits per heavy atom. The fourth-order valence-electron chi connectivity index (χ4n) is 3.22. The average Bonchev–Trinajstić information content (AvgIpc) is 2.67. The van der Waals surface area contributed by atoms with Crippen molar-refractivity contribution in [3.63, 3.8) is 0 Å². The lowest BCUT2D eigenvalue weighted by molar-refractivity contribution is 0.0709. The first-order chi connectivity index (χ1) is 13.8. The Labute approximate surface area is 169 Å². The molecule has 1 fully saturated rings. The first-order valence-corrected chi connectivity index (χ1v) is 9.78. The van der Waals surface area contributed by atoms with Crippen LogP contribution in [0, 0.1) is 12.7 Å². The molecule has 8 heteroatoms. The van der Waals surface area contributed by atoms with E-state index in [1.165, 1.54) is 6.07 Å². The molecule has 0 bridgehead atoms. The number of nitrogens with one attached hydrogen (secondary N) is 2. The van der Waals surface area contributed by atoms with E-state index in [1.807, 2.05) is 20.8 Å². The quantitative estimate of drug-likeness (QED) is 0.777. The Kier molecular flexibility index (Phi) is 6.22. The third kappa shape index (κ3) is 4.42. The van der Waals surface area contributed by atoms with Gasteiger partial charge in [0.05, 0.1) is 11.7 Å². The molecule has 0 radical (unpaired) electrons. The van der Waals surface area contributed by atoms with E-state index in [0.29, 0.717) is 36.5 Å². The summed E-state index contributed by atoms with van der Waals surface area (Å²) in [5.41, 5.74) is 1.72. The first kappa shape index (κ1) is 20.9. The lowest BCUT2D eigenvalue weighted by Crippen LogP contribution is -2.56. The van der Waals surface area contributed by atoms with Gasteiger partial charge in [0.2, 0.25) is 0 Å². The summed E-state index contributed by atoms with van der Waals surface area (Å²) < 4.78 is 14.5. The maximum atomic E-state index is 14.5. The highest BCUT2D eigenvalue weighted by Crippen LogP contribution is 2.25. The molecular formula is C21H26FN5O2. The van der Waals surface area contributed by atoms with Crippen LogP contribution in [0.2, 0.25) is 0 Å². The lowest BCUT2D eigenvalue weighted by atomic mass is 10.0. The highest BCUT2D eigenvalue weighted by atomic mass is 19.1. The van der Waals surface area contributed by atoms with Crippen molar-refractivity contribution >= 4 is 11.8 Å². The van der Waals surface area contributed by atoms with Gasteiger partial charge in [0, 0.05) is 36.8 Å². The largest absolute Gasteiger partial charge is 0.347 e. The number of rotatable bonds is 6. The standard InChI is InChI=1S/C21H26FN5O2/c1-5-27(12(2)3)21(29)19-7-6-18(25-26-19)16-8-14(9-17(22)13(16)4)20(28)24-15-10-23-11-15/h6-9,12,15,23H,5,10-11H2,1-4H3,(H,24,28). The van der Waals surface area contributed by atoms with Crippen molar-refractivity contribution in [2.75, 3.05) is 19.6 Å². The number of amides is 2. The van der Waals surface area contributed by atoms with Crippen molar-refractivity contribution in [2.45, 2.75) is 39.8 Å². The third-order valence-electron chi connectivity index (χ3n) is 5.11. The van der Waals surface area contributed by atoms with Gasteiger partial charge in [-0.2, -0.15) is 0 Å². The number of carbonyl (C=O) groups is 2. The summed E-state index contributed by atoms with van der Waals surface area (Å²) in [6.45, 7) is 9.38. The summed E-state index contributed by atoms with van der Waals surface area (Å²) in [6, 6.07) is 6.16. The van der Waals surface area contributed by atoms with E-state index in [0.717, 1.165) is 0 Å². The van der Waals surface area contributed by atoms with E-state index in [-0.39, 0.29) is 35.2 Å². The molecule has 1 saturated heterocycles. The number of nitrogens with zero attached hydrogens (tertiary/aromatic N) is 3. The van der Waals surface area contributed by atoms with Gasteiger partial charge < -0.3 is 15.5 Å². The Hall–Kier alpha value is -2.87. The van der Waals surface area contributed by atoms with Crippen LogP contribution in [-0.2, 0) is 0 Å². The number of carbonyl (C=O) groups excluding carboxylic acids is 2. The van der Waals surface area contributed by atoms with Gasteiger partial charge in [0.15, 0.2) is 5.69 Å². The van der Waals surface area contributed by atoms with Crippen molar-refractivity contribution in [3.05, 3.63) is 46.9 Å². The summed E-state index contributed by atoms with van der Waals surface area (Å²) in [7, 11) is 0. The number of halogens is 1. The molecule has 2 N–H and O–H groups in total. The normalized spacial score (nSPS) is 13.9. The van der Waals surface area contributed by atoms with Gasteiger partial charge in [0.1, 0.15) is 5.82 Å². The molecule has 1 aliphatic rings. The smallest absolute Gasteiger partial charge is 0.274 e. The van der Waals surface area contributed by atoms with Crippen LogP contribution in [0.15, 0.2) is 24.3 Å². The Balaban J connectivity index is 1.87. The van der Waals surface area contributed by atoms with Crippen molar-refractivity contribution in [1.29, 1.82) is 0 Å². The van der Waals surface area contributed by atoms with Crippen LogP contribution in [0.3, 0.4) is 0 Å². The summed E-state index contributed by atoms with van der Waals surface area (Å²) in [5.74, 6) is -1.02. The SMILES string of the molecule is CCN(C(=O)c1ccc(-c2cc(C(=O)NC3CNC3)cc(F)c2C)nn1)C(C)C. The van der Waals surface area contributed by atoms with Crippen LogP contribution in [0.4, 0.5) is 4.39 Å². The number of hydrogen-bond donors (Lipinski definition) is 2. The Bertz CT molecular complexity index is 910. The fraction of sp³-hybridized carbons (Fsp3) is 0.429. The lowest BCUT2D eigenvalue weighted by Gasteiger charge is -2.28. The molecule has 2 aromatic rings. The zero-order valence-corrected chi connectivity index (χ0v) is 17.1. The molecule has 154 valence electrons. The first-order valence-electron chi connectivity index (χ1n) is 9.78. The molecule has 0 spiro atoms. The molecule has 1 aliphatic heterocycles. The van der Waals surface area contributed by atoms with Gasteiger partial charge >= 0.3 is 0 Å². The van der Waals surface area contributed by atoms with Crippen molar-refractivity contribution in [3.8, 4) is 11.3 Å². The van der Waals surface area contributed by atoms with Gasteiger partial charge in [-0.25, -0.2) is 4.39 Å². The number of aromatic nitrogens is 2. The minimum absolute atomic E-state index is 0.0476. The molecule has 2 heterocycles. The van der Waals surface area contributed by atoms with Crippen molar-refractivity contribution in [2.24, 2.45) is 0 Å². The van der Waals surface area contributed by atoms with E-state index < -0.39 is 5.82 Å². The molecule has 0 atom stereocenters. The van der Waals surface area contributed by atoms with Gasteiger partial charge in [-0.05, 0) is 57.5 Å². The van der Waals surface area contributed by atoms with Crippen LogP contribution in [0.25, 0.3) is 11.3 Å². The van der Waals surface area contributed by atoms with E-state index >= 15 is 0 Å². The topological polar surface area (TPSA) is 87.2 Å². The molecule has 0 saturated carbocycles. The third-order valence-corrected chi connectivity index (χ3v) is 5.11. The zero-order valence-electron chi connectivity index (χ0n) is 17.1. The molecule has 0 unspecified atom stereocenters. The number of hydrogen-bond acceptors (Lipinski definition) is 5. The molecule has 1 aromatic carbocycles. The molecule has 0 aliphatic carbocycles. The molecular weight excluding hydrogens is 373 g/mol. The summed E-state index contributed by atoms with van der Waals surface area (Å²) in [6.07, 6.45) is 0. The number of benzene rings is 1. The van der Waals surface area contributed by atoms with Gasteiger partial charge in [-0.1, -0.05) is 0 Å². The van der Waals surface area contributed by atoms with Crippen LogP contribution >= 0.6 is 0 Å². The highest BCUT2D eigenvalue weighted by Gasteiger charge is 2.22. The zero-order chi connectivity index (χ0) is 21.1. The predicted octanol–water partition coefficient (Wildman–Crippen LogP) is 2.16. The summed E-state index contributed by atoms with van der Waals surface area (Å²) in [5, 5.41) is 14.1. The summed E-state index contributed by atoms with van der Waals surface area (Å²) >= 11 is 0. The summed E-state index contributed by atoms with van der Waals surface area (Å²) in [4.78, 5) is 26.7. The second-order valence-electron chi connectivity index (χ2n) is 7.45. The maximum absolute atomic E-state index is 14.5. The molecule has 2 amide bonds. The van der Waals surface area contributed by atoms with Crippen LogP contribution in [0.1, 0.15) is 47.2 Å². The van der Waals surface area contributed by atoms with Gasteiger partial charge in [0.25, 0.3) is 11.8 Å². The maximum Gasteiger partial charge on any atom is 0.274 e. The van der Waals surface area contributed by atoms with Gasteiger partial charge in [-0.15, -0.1) is 10.2 Å². The Morgan fingerprint density at radius 3 is 2.52 bits per heavy atom. The molecule has 1 aromatic heterocycles. The highest BCUT2D eigenvalue weighted by molar-refractivity contribution is 5.96. The van der Waals surface area contributed by atoms with Crippen molar-refractivity contribution < 1.29 is 14.0 Å². The molecule has 29 heavy (non-hydrogen) atoms. The molecule has 7 nitrogen and oxygen atoms in total. The van der Waals surface area contributed by atoms with Crippen LogP contribution in [0.5, 0.6) is 0 Å². The predicted molar refractivity (Wildman–Crippen MR) is 108 cm³/mol.